The normalized spacial score (nSPS) is 42.3. The third kappa shape index (κ3) is 1.22. The van der Waals surface area contributed by atoms with E-state index in [9.17, 15) is 4.39 Å². The highest BCUT2D eigenvalue weighted by Gasteiger charge is 2.42. The molecule has 0 aromatic heterocycles. The van der Waals surface area contributed by atoms with Gasteiger partial charge in [0.15, 0.2) is 0 Å². The molecule has 0 aromatic carbocycles. The van der Waals surface area contributed by atoms with E-state index in [2.05, 4.69) is 0 Å². The molecule has 1 aliphatic carbocycles. The first kappa shape index (κ1) is 6.96. The third-order valence-electron chi connectivity index (χ3n) is 2.01. The zero-order valence-electron chi connectivity index (χ0n) is 5.44. The second-order valence-corrected chi connectivity index (χ2v) is 2.86. The van der Waals surface area contributed by atoms with E-state index in [0.29, 0.717) is 25.3 Å². The molecule has 0 saturated heterocycles. The van der Waals surface area contributed by atoms with Crippen molar-refractivity contribution in [1.29, 1.82) is 0 Å². The largest absolute Gasteiger partial charge is 0.330 e. The molecule has 1 rings (SSSR count). The molecule has 0 radical (unpaired) electrons. The Balaban J connectivity index is 2.24. The van der Waals surface area contributed by atoms with E-state index in [1.54, 1.807) is 0 Å². The van der Waals surface area contributed by atoms with Crippen LogP contribution in [0.3, 0.4) is 0 Å². The summed E-state index contributed by atoms with van der Waals surface area (Å²) in [6.45, 7) is 0.759. The fourth-order valence-corrected chi connectivity index (χ4v) is 1.31. The highest BCUT2D eigenvalue weighted by molar-refractivity contribution is 4.95. The van der Waals surface area contributed by atoms with Crippen LogP contribution >= 0.6 is 0 Å². The Kier molecular flexibility index (Phi) is 1.73. The zero-order valence-corrected chi connectivity index (χ0v) is 5.44. The molecule has 0 spiro atoms. The van der Waals surface area contributed by atoms with Gasteiger partial charge >= 0.3 is 0 Å². The Morgan fingerprint density at radius 2 is 2.00 bits per heavy atom. The second-order valence-electron chi connectivity index (χ2n) is 2.86. The van der Waals surface area contributed by atoms with E-state index >= 15 is 0 Å². The smallest absolute Gasteiger partial charge is 0.123 e. The average Bonchev–Trinajstić information content (AvgIpc) is 1.81. The van der Waals surface area contributed by atoms with Gasteiger partial charge in [0.05, 0.1) is 0 Å². The Morgan fingerprint density at radius 1 is 1.44 bits per heavy atom. The van der Waals surface area contributed by atoms with Crippen molar-refractivity contribution in [3.05, 3.63) is 0 Å². The molecule has 1 aliphatic rings. The zero-order chi connectivity index (χ0) is 6.91. The first-order chi connectivity index (χ1) is 4.20. The molecule has 54 valence electrons. The van der Waals surface area contributed by atoms with Crippen molar-refractivity contribution in [1.82, 2.24) is 0 Å². The molecule has 0 unspecified atom stereocenters. The van der Waals surface area contributed by atoms with E-state index in [-0.39, 0.29) is 6.54 Å². The molecule has 3 heteroatoms. The minimum absolute atomic E-state index is 0.156. The Bertz CT molecular complexity index is 99.2. The van der Waals surface area contributed by atoms with Gasteiger partial charge in [0.1, 0.15) is 5.67 Å². The number of halogens is 1. The molecule has 0 amide bonds. The van der Waals surface area contributed by atoms with Crippen molar-refractivity contribution in [2.75, 3.05) is 13.1 Å². The summed E-state index contributed by atoms with van der Waals surface area (Å²) in [6.07, 6.45) is 1.14. The van der Waals surface area contributed by atoms with Crippen LogP contribution in [0.4, 0.5) is 4.39 Å². The van der Waals surface area contributed by atoms with E-state index < -0.39 is 5.67 Å². The van der Waals surface area contributed by atoms with Gasteiger partial charge in [-0.2, -0.15) is 0 Å². The summed E-state index contributed by atoms with van der Waals surface area (Å²) in [5.74, 6) is 0.388. The van der Waals surface area contributed by atoms with Gasteiger partial charge in [-0.3, -0.25) is 0 Å². The molecular weight excluding hydrogens is 119 g/mol. The first-order valence-corrected chi connectivity index (χ1v) is 3.29. The molecule has 9 heavy (non-hydrogen) atoms. The van der Waals surface area contributed by atoms with Crippen molar-refractivity contribution in [3.8, 4) is 0 Å². The van der Waals surface area contributed by atoms with Crippen LogP contribution in [0.2, 0.25) is 0 Å². The van der Waals surface area contributed by atoms with Gasteiger partial charge in [-0.15, -0.1) is 0 Å². The van der Waals surface area contributed by atoms with E-state index in [1.165, 1.54) is 0 Å². The fourth-order valence-electron chi connectivity index (χ4n) is 1.31. The Morgan fingerprint density at radius 3 is 2.33 bits per heavy atom. The van der Waals surface area contributed by atoms with Gasteiger partial charge in [-0.05, 0) is 25.3 Å². The standard InChI is InChI=1S/C6H13FN2/c7-6(4-9)1-5(2-6)3-8/h5H,1-4,8-9H2. The molecule has 1 saturated carbocycles. The lowest BCUT2D eigenvalue weighted by Crippen LogP contribution is -2.48. The molecular formula is C6H13FN2. The number of hydrogen-bond donors (Lipinski definition) is 2. The number of hydrogen-bond acceptors (Lipinski definition) is 2. The topological polar surface area (TPSA) is 52.0 Å². The highest BCUT2D eigenvalue weighted by Crippen LogP contribution is 2.39. The summed E-state index contributed by atoms with van der Waals surface area (Å²) in [4.78, 5) is 0. The van der Waals surface area contributed by atoms with Gasteiger partial charge in [-0.25, -0.2) is 4.39 Å². The van der Waals surface area contributed by atoms with Crippen LogP contribution in [0.25, 0.3) is 0 Å². The molecule has 0 aliphatic heterocycles. The molecule has 0 aromatic rings. The van der Waals surface area contributed by atoms with Crippen LogP contribution < -0.4 is 11.5 Å². The third-order valence-corrected chi connectivity index (χ3v) is 2.01. The Labute approximate surface area is 54.4 Å². The summed E-state index contributed by atoms with van der Waals surface area (Å²) in [6, 6.07) is 0. The van der Waals surface area contributed by atoms with Gasteiger partial charge in [0.25, 0.3) is 0 Å². The quantitative estimate of drug-likeness (QED) is 0.556. The summed E-state index contributed by atoms with van der Waals surface area (Å²) in [5, 5.41) is 0. The van der Waals surface area contributed by atoms with Gasteiger partial charge < -0.3 is 11.5 Å². The average molecular weight is 132 g/mol. The number of alkyl halides is 1. The highest BCUT2D eigenvalue weighted by atomic mass is 19.1. The van der Waals surface area contributed by atoms with Crippen LogP contribution in [-0.2, 0) is 0 Å². The SMILES string of the molecule is NCC1CC(F)(CN)C1. The Hall–Kier alpha value is -0.150. The summed E-state index contributed by atoms with van der Waals surface area (Å²) >= 11 is 0. The maximum atomic E-state index is 12.9. The van der Waals surface area contributed by atoms with E-state index in [0.717, 1.165) is 0 Å². The number of rotatable bonds is 2. The van der Waals surface area contributed by atoms with Crippen molar-refractivity contribution in [2.45, 2.75) is 18.5 Å². The summed E-state index contributed by atoms with van der Waals surface area (Å²) in [5.41, 5.74) is 9.41. The predicted octanol–water partition coefficient (Wildman–Crippen LogP) is 0.0221. The monoisotopic (exact) mass is 132 g/mol. The van der Waals surface area contributed by atoms with Crippen LogP contribution in [0.1, 0.15) is 12.8 Å². The summed E-state index contributed by atoms with van der Waals surface area (Å²) in [7, 11) is 0. The van der Waals surface area contributed by atoms with Gasteiger partial charge in [0.2, 0.25) is 0 Å². The van der Waals surface area contributed by atoms with E-state index in [1.807, 2.05) is 0 Å². The van der Waals surface area contributed by atoms with Crippen molar-refractivity contribution >= 4 is 0 Å². The van der Waals surface area contributed by atoms with Crippen LogP contribution in [0.15, 0.2) is 0 Å². The summed E-state index contributed by atoms with van der Waals surface area (Å²) < 4.78 is 12.9. The lowest BCUT2D eigenvalue weighted by Gasteiger charge is -2.39. The van der Waals surface area contributed by atoms with Crippen molar-refractivity contribution < 1.29 is 4.39 Å². The van der Waals surface area contributed by atoms with Gasteiger partial charge in [0, 0.05) is 6.54 Å². The van der Waals surface area contributed by atoms with Crippen LogP contribution in [0.5, 0.6) is 0 Å². The van der Waals surface area contributed by atoms with Crippen LogP contribution in [-0.4, -0.2) is 18.8 Å². The molecule has 0 atom stereocenters. The molecule has 0 heterocycles. The lowest BCUT2D eigenvalue weighted by molar-refractivity contribution is 0.0200. The van der Waals surface area contributed by atoms with Crippen molar-refractivity contribution in [2.24, 2.45) is 17.4 Å². The maximum Gasteiger partial charge on any atom is 0.123 e. The fraction of sp³-hybridized carbons (Fsp3) is 1.00. The predicted molar refractivity (Wildman–Crippen MR) is 34.7 cm³/mol. The van der Waals surface area contributed by atoms with Crippen molar-refractivity contribution in [3.63, 3.8) is 0 Å². The number of nitrogens with two attached hydrogens (primary N) is 2. The second kappa shape index (κ2) is 2.23. The molecule has 4 N–H and O–H groups in total. The molecule has 2 nitrogen and oxygen atoms in total. The first-order valence-electron chi connectivity index (χ1n) is 3.29. The lowest BCUT2D eigenvalue weighted by atomic mass is 9.72. The molecule has 0 bridgehead atoms. The van der Waals surface area contributed by atoms with Crippen LogP contribution in [0, 0.1) is 5.92 Å². The minimum Gasteiger partial charge on any atom is -0.330 e. The van der Waals surface area contributed by atoms with E-state index in [4.69, 9.17) is 11.5 Å². The molecule has 1 fully saturated rings. The maximum absolute atomic E-state index is 12.9. The minimum atomic E-state index is -1.07. The van der Waals surface area contributed by atoms with Gasteiger partial charge in [-0.1, -0.05) is 0 Å².